The number of imide groups is 1. The summed E-state index contributed by atoms with van der Waals surface area (Å²) >= 11 is 0. The number of piperidine rings is 1. The third-order valence-electron chi connectivity index (χ3n) is 7.91. The van der Waals surface area contributed by atoms with Crippen LogP contribution < -0.4 is 19.7 Å². The minimum absolute atomic E-state index is 0.00432. The predicted molar refractivity (Wildman–Crippen MR) is 154 cm³/mol. The van der Waals surface area contributed by atoms with E-state index in [2.05, 4.69) is 5.32 Å². The van der Waals surface area contributed by atoms with Crippen LogP contribution >= 0.6 is 0 Å². The van der Waals surface area contributed by atoms with E-state index in [0.29, 0.717) is 37.7 Å². The maximum absolute atomic E-state index is 15.8. The molecular formula is C32H28F3N3O8. The highest BCUT2D eigenvalue weighted by molar-refractivity contribution is 6.09. The maximum atomic E-state index is 15.8. The third-order valence-corrected chi connectivity index (χ3v) is 7.91. The van der Waals surface area contributed by atoms with E-state index in [1.807, 2.05) is 0 Å². The molecule has 2 fully saturated rings. The lowest BCUT2D eigenvalue weighted by molar-refractivity contribution is -0.136. The molecule has 0 aromatic heterocycles. The van der Waals surface area contributed by atoms with Gasteiger partial charge in [0.2, 0.25) is 11.8 Å². The summed E-state index contributed by atoms with van der Waals surface area (Å²) in [5, 5.41) is 2.26. The molecule has 11 nitrogen and oxygen atoms in total. The highest BCUT2D eigenvalue weighted by atomic mass is 19.1. The first-order valence-corrected chi connectivity index (χ1v) is 14.5. The summed E-state index contributed by atoms with van der Waals surface area (Å²) in [5.41, 5.74) is 0.303. The van der Waals surface area contributed by atoms with E-state index in [4.69, 9.17) is 18.9 Å². The number of hydrogen-bond acceptors (Lipinski definition) is 8. The topological polar surface area (TPSA) is 124 Å². The zero-order valence-electron chi connectivity index (χ0n) is 24.5. The highest BCUT2D eigenvalue weighted by Gasteiger charge is 2.42. The van der Waals surface area contributed by atoms with E-state index in [1.165, 1.54) is 23.1 Å². The normalized spacial score (nSPS) is 18.2. The van der Waals surface area contributed by atoms with Gasteiger partial charge in [-0.15, -0.1) is 0 Å². The number of amides is 4. The molecule has 0 spiro atoms. The number of fused-ring (bicyclic) bond motifs is 1. The molecule has 0 aliphatic carbocycles. The molecule has 240 valence electrons. The summed E-state index contributed by atoms with van der Waals surface area (Å²) in [4.78, 5) is 53.9. The van der Waals surface area contributed by atoms with E-state index >= 15 is 4.39 Å². The fourth-order valence-corrected chi connectivity index (χ4v) is 5.74. The Hall–Kier alpha value is -5.11. The summed E-state index contributed by atoms with van der Waals surface area (Å²) in [6.07, 6.45) is -0.256. The van der Waals surface area contributed by atoms with Crippen molar-refractivity contribution in [2.45, 2.75) is 44.4 Å². The Morgan fingerprint density at radius 1 is 0.935 bits per heavy atom. The Balaban J connectivity index is 1.40. The number of rotatable bonds is 7. The molecule has 14 heteroatoms. The van der Waals surface area contributed by atoms with Crippen LogP contribution in [0.5, 0.6) is 17.2 Å². The summed E-state index contributed by atoms with van der Waals surface area (Å²) in [6.45, 7) is 0.846. The first-order valence-electron chi connectivity index (χ1n) is 14.5. The van der Waals surface area contributed by atoms with Crippen LogP contribution in [0.25, 0.3) is 0 Å². The van der Waals surface area contributed by atoms with Crippen molar-refractivity contribution < 1.29 is 51.3 Å². The van der Waals surface area contributed by atoms with Crippen molar-refractivity contribution in [1.29, 1.82) is 0 Å². The van der Waals surface area contributed by atoms with Crippen molar-refractivity contribution in [3.63, 3.8) is 0 Å². The monoisotopic (exact) mass is 639 g/mol. The SMILES string of the molecule is COC(=O)N(c1ccc(Oc2cc(F)cc(F)c2)cc1F)c1ccc2c(c1OC1CCOCC1)C(=O)N(C1CCC(=O)NC1=O)C2. The quantitative estimate of drug-likeness (QED) is 0.354. The van der Waals surface area contributed by atoms with Crippen LogP contribution in [0.2, 0.25) is 0 Å². The highest BCUT2D eigenvalue weighted by Crippen LogP contribution is 2.45. The smallest absolute Gasteiger partial charge is 0.418 e. The van der Waals surface area contributed by atoms with Gasteiger partial charge in [0.05, 0.1) is 37.3 Å². The van der Waals surface area contributed by atoms with E-state index in [1.54, 1.807) is 6.07 Å². The molecule has 3 aliphatic heterocycles. The van der Waals surface area contributed by atoms with Gasteiger partial charge in [-0.05, 0) is 30.2 Å². The number of nitrogens with zero attached hydrogens (tertiary/aromatic N) is 2. The number of halogens is 3. The number of methoxy groups -OCH3 is 1. The number of anilines is 2. The van der Waals surface area contributed by atoms with Gasteiger partial charge in [-0.3, -0.25) is 19.7 Å². The molecule has 3 heterocycles. The molecule has 0 bridgehead atoms. The van der Waals surface area contributed by atoms with E-state index in [9.17, 15) is 28.0 Å². The second-order valence-corrected chi connectivity index (χ2v) is 10.9. The predicted octanol–water partition coefficient (Wildman–Crippen LogP) is 5.12. The zero-order valence-corrected chi connectivity index (χ0v) is 24.5. The number of carbonyl (C=O) groups excluding carboxylic acids is 4. The van der Waals surface area contributed by atoms with Crippen LogP contribution in [-0.4, -0.2) is 61.2 Å². The number of carbonyl (C=O) groups is 4. The minimum atomic E-state index is -1.01. The molecule has 2 saturated heterocycles. The van der Waals surface area contributed by atoms with Gasteiger partial charge in [0.25, 0.3) is 5.91 Å². The van der Waals surface area contributed by atoms with Gasteiger partial charge in [-0.2, -0.15) is 0 Å². The Bertz CT molecular complexity index is 1710. The molecule has 1 N–H and O–H groups in total. The summed E-state index contributed by atoms with van der Waals surface area (Å²) < 4.78 is 65.4. The van der Waals surface area contributed by atoms with Gasteiger partial charge in [0.15, 0.2) is 11.6 Å². The summed E-state index contributed by atoms with van der Waals surface area (Å²) in [7, 11) is 1.10. The minimum Gasteiger partial charge on any atom is -0.487 e. The molecule has 3 aromatic rings. The number of ether oxygens (including phenoxy) is 4. The van der Waals surface area contributed by atoms with Gasteiger partial charge >= 0.3 is 6.09 Å². The average Bonchev–Trinajstić information content (AvgIpc) is 3.35. The van der Waals surface area contributed by atoms with Crippen molar-refractivity contribution in [2.75, 3.05) is 25.2 Å². The van der Waals surface area contributed by atoms with Crippen molar-refractivity contribution in [1.82, 2.24) is 10.2 Å². The molecule has 3 aromatic carbocycles. The number of benzene rings is 3. The second-order valence-electron chi connectivity index (χ2n) is 10.9. The standard InChI is InChI=1S/C32H28F3N3O8/c1-43-32(42)38(24-5-3-21(15-23(24)35)45-22-13-18(33)12-19(34)14-22)25-4-2-17-16-37(26-6-7-27(39)36-30(26)40)31(41)28(17)29(25)46-20-8-10-44-11-9-20/h2-5,12-15,20,26H,6-11,16H2,1H3,(H,36,39,40). The lowest BCUT2D eigenvalue weighted by Gasteiger charge is -2.30. The Labute approximate surface area is 260 Å². The molecule has 0 radical (unpaired) electrons. The Morgan fingerprint density at radius 2 is 1.65 bits per heavy atom. The molecule has 0 saturated carbocycles. The van der Waals surface area contributed by atoms with Crippen LogP contribution in [0.3, 0.4) is 0 Å². The van der Waals surface area contributed by atoms with Gasteiger partial charge < -0.3 is 23.8 Å². The van der Waals surface area contributed by atoms with E-state index in [-0.39, 0.29) is 53.6 Å². The number of hydrogen-bond donors (Lipinski definition) is 1. The van der Waals surface area contributed by atoms with E-state index < -0.39 is 53.4 Å². The lowest BCUT2D eigenvalue weighted by Crippen LogP contribution is -2.52. The van der Waals surface area contributed by atoms with Crippen molar-refractivity contribution in [2.24, 2.45) is 0 Å². The molecule has 3 aliphatic rings. The fourth-order valence-electron chi connectivity index (χ4n) is 5.74. The fraction of sp³-hybridized carbons (Fsp3) is 0.312. The van der Waals surface area contributed by atoms with Crippen molar-refractivity contribution in [3.05, 3.63) is 77.1 Å². The van der Waals surface area contributed by atoms with Gasteiger partial charge in [0, 0.05) is 50.1 Å². The van der Waals surface area contributed by atoms with Crippen LogP contribution in [0.1, 0.15) is 41.6 Å². The largest absolute Gasteiger partial charge is 0.487 e. The van der Waals surface area contributed by atoms with Crippen molar-refractivity contribution >= 4 is 35.2 Å². The van der Waals surface area contributed by atoms with Crippen LogP contribution in [-0.2, 0) is 25.6 Å². The zero-order chi connectivity index (χ0) is 32.5. The molecular weight excluding hydrogens is 611 g/mol. The molecule has 6 rings (SSSR count). The van der Waals surface area contributed by atoms with Crippen LogP contribution in [0, 0.1) is 17.5 Å². The molecule has 46 heavy (non-hydrogen) atoms. The maximum Gasteiger partial charge on any atom is 0.418 e. The van der Waals surface area contributed by atoms with Crippen LogP contribution in [0.15, 0.2) is 48.5 Å². The molecule has 4 amide bonds. The van der Waals surface area contributed by atoms with E-state index in [0.717, 1.165) is 30.2 Å². The van der Waals surface area contributed by atoms with Gasteiger partial charge in [-0.1, -0.05) is 6.07 Å². The average molecular weight is 640 g/mol. The molecule has 1 unspecified atom stereocenters. The van der Waals surface area contributed by atoms with Crippen LogP contribution in [0.4, 0.5) is 29.3 Å². The van der Waals surface area contributed by atoms with Gasteiger partial charge in [-0.25, -0.2) is 22.9 Å². The number of nitrogens with one attached hydrogen (secondary N) is 1. The van der Waals surface area contributed by atoms with Crippen molar-refractivity contribution in [3.8, 4) is 17.2 Å². The lowest BCUT2D eigenvalue weighted by atomic mass is 10.0. The first-order chi connectivity index (χ1) is 22.1. The Kier molecular flexibility index (Phi) is 8.54. The third kappa shape index (κ3) is 6.07. The Morgan fingerprint density at radius 3 is 2.33 bits per heavy atom. The summed E-state index contributed by atoms with van der Waals surface area (Å²) in [5.74, 6) is -4.63. The second kappa shape index (κ2) is 12.7. The molecule has 1 atom stereocenters. The van der Waals surface area contributed by atoms with Gasteiger partial charge in [0.1, 0.15) is 35.3 Å². The first kappa shape index (κ1) is 30.9. The summed E-state index contributed by atoms with van der Waals surface area (Å²) in [6, 6.07) is 8.11.